The van der Waals surface area contributed by atoms with Crippen LogP contribution in [-0.4, -0.2) is 12.3 Å². The minimum Gasteiger partial charge on any atom is -0.284 e. The van der Waals surface area contributed by atoms with E-state index in [9.17, 15) is 0 Å². The van der Waals surface area contributed by atoms with Crippen molar-refractivity contribution in [2.75, 3.05) is 6.54 Å². The Morgan fingerprint density at radius 3 is 2.50 bits per heavy atom. The van der Waals surface area contributed by atoms with Crippen LogP contribution in [0.5, 0.6) is 0 Å². The van der Waals surface area contributed by atoms with Crippen molar-refractivity contribution < 1.29 is 0 Å². The number of hydrogen-bond donors (Lipinski definition) is 0. The normalized spacial score (nSPS) is 20.6. The molecule has 0 radical (unpaired) electrons. The second-order valence-corrected chi connectivity index (χ2v) is 3.13. The van der Waals surface area contributed by atoms with Gasteiger partial charge in [0.15, 0.2) is 0 Å². The van der Waals surface area contributed by atoms with Crippen LogP contribution in [0.25, 0.3) is 0 Å². The second-order valence-electron chi connectivity index (χ2n) is 3.13. The minimum absolute atomic E-state index is 0.636. The molecule has 1 aliphatic heterocycles. The van der Waals surface area contributed by atoms with Gasteiger partial charge >= 0.3 is 0 Å². The van der Waals surface area contributed by atoms with Crippen LogP contribution in [0, 0.1) is 5.92 Å². The average molecular weight is 191 g/mol. The van der Waals surface area contributed by atoms with E-state index < -0.39 is 0 Å². The zero-order valence-corrected chi connectivity index (χ0v) is 9.59. The second kappa shape index (κ2) is 7.31. The smallest absolute Gasteiger partial charge is 0.0637 e. The average Bonchev–Trinajstić information content (AvgIpc) is 2.42. The van der Waals surface area contributed by atoms with Crippen LogP contribution in [0.3, 0.4) is 0 Å². The zero-order chi connectivity index (χ0) is 11.0. The topological polar surface area (TPSA) is 12.4 Å². The van der Waals surface area contributed by atoms with Gasteiger partial charge in [-0.1, -0.05) is 46.1 Å². The molecule has 14 heavy (non-hydrogen) atoms. The maximum absolute atomic E-state index is 4.43. The predicted octanol–water partition coefficient (Wildman–Crippen LogP) is 3.79. The summed E-state index contributed by atoms with van der Waals surface area (Å²) in [6.45, 7) is 14.6. The number of nitrogens with zero attached hydrogens (tertiary/aromatic N) is 1. The van der Waals surface area contributed by atoms with Gasteiger partial charge in [0.2, 0.25) is 0 Å². The summed E-state index contributed by atoms with van der Waals surface area (Å²) in [7, 11) is 0. The quantitative estimate of drug-likeness (QED) is 0.629. The third kappa shape index (κ3) is 3.73. The number of allylic oxidation sites excluding steroid dienone is 4. The first-order valence-corrected chi connectivity index (χ1v) is 5.27. The molecular weight excluding hydrogens is 170 g/mol. The fraction of sp³-hybridized carbons (Fsp3) is 0.462. The first kappa shape index (κ1) is 12.9. The Labute approximate surface area is 87.9 Å². The maximum Gasteiger partial charge on any atom is 0.0637 e. The van der Waals surface area contributed by atoms with Gasteiger partial charge in [-0.15, -0.1) is 0 Å². The van der Waals surface area contributed by atoms with Crippen LogP contribution in [0.4, 0.5) is 0 Å². The summed E-state index contributed by atoms with van der Waals surface area (Å²) in [4.78, 5) is 4.43. The van der Waals surface area contributed by atoms with Crippen molar-refractivity contribution in [3.05, 3.63) is 37.0 Å². The van der Waals surface area contributed by atoms with E-state index >= 15 is 0 Å². The summed E-state index contributed by atoms with van der Waals surface area (Å²) in [5, 5.41) is 0. The molecule has 1 aliphatic rings. The molecule has 1 nitrogen and oxygen atoms in total. The Hall–Kier alpha value is -1.11. The van der Waals surface area contributed by atoms with Gasteiger partial charge in [-0.2, -0.15) is 0 Å². The van der Waals surface area contributed by atoms with E-state index in [0.717, 1.165) is 24.3 Å². The van der Waals surface area contributed by atoms with Gasteiger partial charge in [0.05, 0.1) is 5.71 Å². The fourth-order valence-corrected chi connectivity index (χ4v) is 1.22. The monoisotopic (exact) mass is 191 g/mol. The molecule has 0 aliphatic carbocycles. The molecule has 0 N–H and O–H groups in total. The van der Waals surface area contributed by atoms with Gasteiger partial charge < -0.3 is 0 Å². The fourth-order valence-electron chi connectivity index (χ4n) is 1.22. The van der Waals surface area contributed by atoms with E-state index in [0.29, 0.717) is 5.92 Å². The first-order valence-electron chi connectivity index (χ1n) is 5.27. The van der Waals surface area contributed by atoms with Crippen LogP contribution in [-0.2, 0) is 0 Å². The Morgan fingerprint density at radius 2 is 2.00 bits per heavy atom. The molecule has 0 aromatic rings. The standard InChI is InChI=1S/C11H15N.C2H6/c1-4-10-7-6-9(3)8-12-11(10)5-2;1-2/h4-5,7,9H,1-2,6,8H2,3H3;1-2H3. The van der Waals surface area contributed by atoms with Crippen molar-refractivity contribution in [1.82, 2.24) is 0 Å². The molecule has 0 fully saturated rings. The predicted molar refractivity (Wildman–Crippen MR) is 65.9 cm³/mol. The summed E-state index contributed by atoms with van der Waals surface area (Å²) in [5.74, 6) is 0.636. The molecule has 0 aromatic heterocycles. The van der Waals surface area contributed by atoms with E-state index in [4.69, 9.17) is 0 Å². The lowest BCUT2D eigenvalue weighted by molar-refractivity contribution is 0.611. The summed E-state index contributed by atoms with van der Waals surface area (Å²) in [6, 6.07) is 0. The third-order valence-electron chi connectivity index (χ3n) is 2.02. The highest BCUT2D eigenvalue weighted by Crippen LogP contribution is 2.14. The van der Waals surface area contributed by atoms with Crippen molar-refractivity contribution in [3.63, 3.8) is 0 Å². The lowest BCUT2D eigenvalue weighted by atomic mass is 10.1. The van der Waals surface area contributed by atoms with Gasteiger partial charge in [-0.25, -0.2) is 0 Å². The molecule has 78 valence electrons. The summed E-state index contributed by atoms with van der Waals surface area (Å²) in [5.41, 5.74) is 2.10. The summed E-state index contributed by atoms with van der Waals surface area (Å²) >= 11 is 0. The Morgan fingerprint density at radius 1 is 1.36 bits per heavy atom. The van der Waals surface area contributed by atoms with Crippen LogP contribution in [0.15, 0.2) is 42.0 Å². The van der Waals surface area contributed by atoms with E-state index in [1.54, 1.807) is 6.08 Å². The molecule has 0 saturated carbocycles. The largest absolute Gasteiger partial charge is 0.284 e. The van der Waals surface area contributed by atoms with Crippen LogP contribution in [0.1, 0.15) is 27.2 Å². The molecule has 0 saturated heterocycles. The molecular formula is C13H21N. The van der Waals surface area contributed by atoms with Crippen LogP contribution in [0.2, 0.25) is 0 Å². The molecule has 0 bridgehead atoms. The van der Waals surface area contributed by atoms with E-state index in [2.05, 4.69) is 31.2 Å². The van der Waals surface area contributed by atoms with Crippen molar-refractivity contribution >= 4 is 5.71 Å². The molecule has 1 heterocycles. The SMILES string of the molecule is C=CC1=CCC(C)CN=C1C=C.CC. The highest BCUT2D eigenvalue weighted by molar-refractivity contribution is 6.10. The van der Waals surface area contributed by atoms with E-state index in [-0.39, 0.29) is 0 Å². The summed E-state index contributed by atoms with van der Waals surface area (Å²) in [6.07, 6.45) is 6.91. The molecule has 0 spiro atoms. The highest BCUT2D eigenvalue weighted by atomic mass is 14.7. The molecule has 0 aromatic carbocycles. The summed E-state index contributed by atoms with van der Waals surface area (Å²) < 4.78 is 0. The molecule has 1 heteroatoms. The van der Waals surface area contributed by atoms with Crippen molar-refractivity contribution in [3.8, 4) is 0 Å². The number of hydrogen-bond acceptors (Lipinski definition) is 1. The van der Waals surface area contributed by atoms with Crippen LogP contribution >= 0.6 is 0 Å². The first-order chi connectivity index (χ1) is 6.77. The van der Waals surface area contributed by atoms with E-state index in [1.807, 2.05) is 19.9 Å². The zero-order valence-electron chi connectivity index (χ0n) is 9.59. The van der Waals surface area contributed by atoms with Crippen LogP contribution < -0.4 is 0 Å². The van der Waals surface area contributed by atoms with Gasteiger partial charge in [0, 0.05) is 6.54 Å². The third-order valence-corrected chi connectivity index (χ3v) is 2.02. The van der Waals surface area contributed by atoms with Crippen molar-refractivity contribution in [2.24, 2.45) is 10.9 Å². The van der Waals surface area contributed by atoms with E-state index in [1.165, 1.54) is 0 Å². The van der Waals surface area contributed by atoms with Crippen molar-refractivity contribution in [1.29, 1.82) is 0 Å². The van der Waals surface area contributed by atoms with Gasteiger partial charge in [0.25, 0.3) is 0 Å². The lowest BCUT2D eigenvalue weighted by Gasteiger charge is -1.99. The maximum atomic E-state index is 4.43. The molecule has 1 atom stereocenters. The number of rotatable bonds is 2. The van der Waals surface area contributed by atoms with Gasteiger partial charge in [-0.05, 0) is 24.0 Å². The Kier molecular flexibility index (Phi) is 6.73. The van der Waals surface area contributed by atoms with Crippen molar-refractivity contribution in [2.45, 2.75) is 27.2 Å². The highest BCUT2D eigenvalue weighted by Gasteiger charge is 2.07. The Balaban J connectivity index is 0.000000791. The Bertz CT molecular complexity index is 220. The molecule has 1 unspecified atom stereocenters. The molecule has 0 amide bonds. The number of aliphatic imine (C=N–C) groups is 1. The van der Waals surface area contributed by atoms with Gasteiger partial charge in [0.1, 0.15) is 0 Å². The lowest BCUT2D eigenvalue weighted by Crippen LogP contribution is -1.97. The molecule has 1 rings (SSSR count). The minimum atomic E-state index is 0.636. The van der Waals surface area contributed by atoms with Gasteiger partial charge in [-0.3, -0.25) is 4.99 Å².